The number of hydrogen-bond donors (Lipinski definition) is 2. The largest absolute Gasteiger partial charge is 0.331 e. The van der Waals surface area contributed by atoms with Crippen LogP contribution < -0.4 is 0 Å². The van der Waals surface area contributed by atoms with E-state index in [-0.39, 0.29) is 0 Å². The highest BCUT2D eigenvalue weighted by molar-refractivity contribution is 8.24. The standard InChI is InChI=1S/C5H10NO3S/c7-5-6-1-3-10(8,9)4-2-6/h8-9H,1-4H2. The molecule has 0 bridgehead atoms. The van der Waals surface area contributed by atoms with Crippen molar-refractivity contribution in [1.29, 1.82) is 0 Å². The van der Waals surface area contributed by atoms with E-state index in [2.05, 4.69) is 0 Å². The van der Waals surface area contributed by atoms with Crippen LogP contribution in [0.3, 0.4) is 0 Å². The maximum absolute atomic E-state index is 10.0. The number of rotatable bonds is 1. The van der Waals surface area contributed by atoms with E-state index < -0.39 is 10.6 Å². The van der Waals surface area contributed by atoms with Crippen LogP contribution in [0.15, 0.2) is 0 Å². The summed E-state index contributed by atoms with van der Waals surface area (Å²) in [5.41, 5.74) is 0. The molecule has 1 aliphatic rings. The van der Waals surface area contributed by atoms with Gasteiger partial charge in [-0.3, -0.25) is 13.9 Å². The number of carbonyl (C=O) groups excluding carboxylic acids is 1. The van der Waals surface area contributed by atoms with Crippen molar-refractivity contribution in [2.75, 3.05) is 24.6 Å². The van der Waals surface area contributed by atoms with Crippen LogP contribution in [-0.2, 0) is 4.79 Å². The third kappa shape index (κ3) is 1.86. The fourth-order valence-electron chi connectivity index (χ4n) is 0.818. The summed E-state index contributed by atoms with van der Waals surface area (Å²) in [5, 5.41) is 0. The summed E-state index contributed by atoms with van der Waals surface area (Å²) in [5.74, 6) is 0.616. The lowest BCUT2D eigenvalue weighted by Crippen LogP contribution is -2.37. The summed E-state index contributed by atoms with van der Waals surface area (Å²) >= 11 is 0. The second-order valence-electron chi connectivity index (χ2n) is 2.29. The number of amides is 1. The van der Waals surface area contributed by atoms with Crippen molar-refractivity contribution < 1.29 is 13.9 Å². The molecule has 1 fully saturated rings. The molecule has 0 aromatic carbocycles. The van der Waals surface area contributed by atoms with E-state index in [1.54, 1.807) is 6.41 Å². The molecule has 0 saturated carbocycles. The quantitative estimate of drug-likeness (QED) is 0.578. The lowest BCUT2D eigenvalue weighted by molar-refractivity contribution is 0.378. The highest BCUT2D eigenvalue weighted by Gasteiger charge is 2.20. The summed E-state index contributed by atoms with van der Waals surface area (Å²) in [6.45, 7) is 0.845. The summed E-state index contributed by atoms with van der Waals surface area (Å²) in [7, 11) is -2.35. The van der Waals surface area contributed by atoms with Crippen molar-refractivity contribution in [1.82, 2.24) is 4.90 Å². The highest BCUT2D eigenvalue weighted by atomic mass is 32.3. The topological polar surface area (TPSA) is 60.8 Å². The van der Waals surface area contributed by atoms with E-state index in [0.29, 0.717) is 24.6 Å². The van der Waals surface area contributed by atoms with Crippen molar-refractivity contribution in [3.8, 4) is 0 Å². The Balaban J connectivity index is 2.38. The first-order chi connectivity index (χ1) is 4.64. The van der Waals surface area contributed by atoms with Crippen molar-refractivity contribution >= 4 is 17.0 Å². The molecule has 0 unspecified atom stereocenters. The SMILES string of the molecule is O=[C]N1CCS(O)(O)CC1. The molecular formula is C5H10NO3S. The molecule has 5 heteroatoms. The summed E-state index contributed by atoms with van der Waals surface area (Å²) in [6.07, 6.45) is 1.72. The van der Waals surface area contributed by atoms with Crippen LogP contribution in [0, 0.1) is 0 Å². The molecule has 0 aliphatic carbocycles. The van der Waals surface area contributed by atoms with E-state index in [0.717, 1.165) is 0 Å². The Bertz CT molecular complexity index is 129. The predicted octanol–water partition coefficient (Wildman–Crippen LogP) is 0.120. The Kier molecular flexibility index (Phi) is 2.18. The first kappa shape index (κ1) is 7.84. The molecule has 1 amide bonds. The van der Waals surface area contributed by atoms with E-state index in [1.807, 2.05) is 0 Å². The van der Waals surface area contributed by atoms with Crippen LogP contribution in [0.25, 0.3) is 0 Å². The molecule has 0 aromatic heterocycles. The van der Waals surface area contributed by atoms with Crippen LogP contribution in [-0.4, -0.2) is 45.0 Å². The third-order valence-corrected chi connectivity index (χ3v) is 3.18. The molecule has 10 heavy (non-hydrogen) atoms. The van der Waals surface area contributed by atoms with Gasteiger partial charge in [0, 0.05) is 13.1 Å². The molecule has 1 aliphatic heterocycles. The van der Waals surface area contributed by atoms with Crippen LogP contribution in [0.2, 0.25) is 0 Å². The Labute approximate surface area is 61.2 Å². The van der Waals surface area contributed by atoms with Gasteiger partial charge in [-0.15, -0.1) is 0 Å². The Morgan fingerprint density at radius 1 is 1.30 bits per heavy atom. The molecule has 1 heterocycles. The van der Waals surface area contributed by atoms with Gasteiger partial charge < -0.3 is 4.90 Å². The lowest BCUT2D eigenvalue weighted by Gasteiger charge is -2.39. The van der Waals surface area contributed by atoms with Crippen LogP contribution in [0.5, 0.6) is 0 Å². The fourth-order valence-corrected chi connectivity index (χ4v) is 2.05. The van der Waals surface area contributed by atoms with E-state index in [9.17, 15) is 4.79 Å². The second-order valence-corrected chi connectivity index (χ2v) is 4.71. The van der Waals surface area contributed by atoms with Gasteiger partial charge in [-0.1, -0.05) is 0 Å². The molecule has 1 saturated heterocycles. The monoisotopic (exact) mass is 164 g/mol. The van der Waals surface area contributed by atoms with Gasteiger partial charge in [0.2, 0.25) is 0 Å². The molecule has 1 radical (unpaired) electrons. The molecule has 0 spiro atoms. The summed E-state index contributed by atoms with van der Waals surface area (Å²) in [6, 6.07) is 0. The van der Waals surface area contributed by atoms with Crippen LogP contribution >= 0.6 is 10.6 Å². The van der Waals surface area contributed by atoms with E-state index in [1.165, 1.54) is 4.90 Å². The first-order valence-electron chi connectivity index (χ1n) is 3.00. The normalized spacial score (nSPS) is 27.6. The van der Waals surface area contributed by atoms with Crippen molar-refractivity contribution in [2.24, 2.45) is 0 Å². The van der Waals surface area contributed by atoms with Gasteiger partial charge in [0.1, 0.15) is 0 Å². The minimum absolute atomic E-state index is 0.308. The Morgan fingerprint density at radius 3 is 2.20 bits per heavy atom. The van der Waals surface area contributed by atoms with E-state index >= 15 is 0 Å². The zero-order chi connectivity index (χ0) is 7.61. The number of hydrogen-bond acceptors (Lipinski definition) is 3. The molecule has 0 atom stereocenters. The van der Waals surface area contributed by atoms with Crippen molar-refractivity contribution in [3.05, 3.63) is 0 Å². The van der Waals surface area contributed by atoms with Gasteiger partial charge in [-0.2, -0.15) is 10.6 Å². The van der Waals surface area contributed by atoms with Crippen LogP contribution in [0.1, 0.15) is 0 Å². The smallest absolute Gasteiger partial charge is 0.312 e. The van der Waals surface area contributed by atoms with Gasteiger partial charge in [0.25, 0.3) is 0 Å². The Morgan fingerprint density at radius 2 is 1.80 bits per heavy atom. The van der Waals surface area contributed by atoms with Crippen molar-refractivity contribution in [3.63, 3.8) is 0 Å². The fraction of sp³-hybridized carbons (Fsp3) is 0.800. The average Bonchev–Trinajstić information content (AvgIpc) is 1.88. The highest BCUT2D eigenvalue weighted by Crippen LogP contribution is 2.39. The maximum atomic E-state index is 10.0. The molecule has 2 N–H and O–H groups in total. The molecule has 1 rings (SSSR count). The Hall–Kier alpha value is -0.260. The van der Waals surface area contributed by atoms with Gasteiger partial charge in [-0.25, -0.2) is 0 Å². The zero-order valence-electron chi connectivity index (χ0n) is 5.49. The first-order valence-corrected chi connectivity index (χ1v) is 4.89. The van der Waals surface area contributed by atoms with Gasteiger partial charge >= 0.3 is 6.41 Å². The summed E-state index contributed by atoms with van der Waals surface area (Å²) < 4.78 is 18.1. The minimum Gasteiger partial charge on any atom is -0.331 e. The number of nitrogens with zero attached hydrogens (tertiary/aromatic N) is 1. The van der Waals surface area contributed by atoms with Gasteiger partial charge in [0.15, 0.2) is 0 Å². The second kappa shape index (κ2) is 2.77. The van der Waals surface area contributed by atoms with E-state index in [4.69, 9.17) is 9.11 Å². The van der Waals surface area contributed by atoms with Gasteiger partial charge in [-0.05, 0) is 0 Å². The molecule has 0 aromatic rings. The average molecular weight is 164 g/mol. The minimum atomic E-state index is -2.35. The molecular weight excluding hydrogens is 154 g/mol. The third-order valence-electron chi connectivity index (χ3n) is 1.51. The van der Waals surface area contributed by atoms with Crippen molar-refractivity contribution in [2.45, 2.75) is 0 Å². The maximum Gasteiger partial charge on any atom is 0.312 e. The molecule has 4 nitrogen and oxygen atoms in total. The predicted molar refractivity (Wildman–Crippen MR) is 39.8 cm³/mol. The summed E-state index contributed by atoms with van der Waals surface area (Å²) in [4.78, 5) is 11.4. The lowest BCUT2D eigenvalue weighted by atomic mass is 10.5. The zero-order valence-corrected chi connectivity index (χ0v) is 6.30. The van der Waals surface area contributed by atoms with Gasteiger partial charge in [0.05, 0.1) is 11.5 Å². The molecule has 59 valence electrons. The van der Waals surface area contributed by atoms with Crippen LogP contribution in [0.4, 0.5) is 0 Å².